The van der Waals surface area contributed by atoms with E-state index >= 15 is 0 Å². The number of fused-ring (bicyclic) bond motifs is 1. The molecular formula is C15H22N4O. The van der Waals surface area contributed by atoms with Gasteiger partial charge in [0.05, 0.1) is 12.4 Å². The summed E-state index contributed by atoms with van der Waals surface area (Å²) in [5.74, 6) is 1.80. The third kappa shape index (κ3) is 2.79. The van der Waals surface area contributed by atoms with Crippen molar-refractivity contribution in [1.29, 1.82) is 0 Å². The Morgan fingerprint density at radius 2 is 2.00 bits per heavy atom. The number of nitrogens with zero attached hydrogens (tertiary/aromatic N) is 4. The quantitative estimate of drug-likeness (QED) is 0.820. The summed E-state index contributed by atoms with van der Waals surface area (Å²) in [5, 5.41) is 0. The van der Waals surface area contributed by atoms with E-state index in [2.05, 4.69) is 19.8 Å². The van der Waals surface area contributed by atoms with Crippen LogP contribution in [0, 0.1) is 5.92 Å². The summed E-state index contributed by atoms with van der Waals surface area (Å²) >= 11 is 0. The van der Waals surface area contributed by atoms with Crippen LogP contribution < -0.4 is 4.74 Å². The van der Waals surface area contributed by atoms with Crippen molar-refractivity contribution in [2.45, 2.75) is 31.4 Å². The molecule has 20 heavy (non-hydrogen) atoms. The first-order valence-corrected chi connectivity index (χ1v) is 7.75. The van der Waals surface area contributed by atoms with E-state index in [1.807, 2.05) is 0 Å². The summed E-state index contributed by atoms with van der Waals surface area (Å²) in [7, 11) is 0. The van der Waals surface area contributed by atoms with Crippen LogP contribution >= 0.6 is 0 Å². The molecule has 3 heterocycles. The fraction of sp³-hybridized carbons (Fsp3) is 0.733. The van der Waals surface area contributed by atoms with Gasteiger partial charge in [0.1, 0.15) is 12.4 Å². The van der Waals surface area contributed by atoms with Gasteiger partial charge in [-0.25, -0.2) is 9.97 Å². The van der Waals surface area contributed by atoms with Gasteiger partial charge in [-0.15, -0.1) is 0 Å². The van der Waals surface area contributed by atoms with E-state index in [9.17, 15) is 0 Å². The van der Waals surface area contributed by atoms with Crippen molar-refractivity contribution in [2.75, 3.05) is 32.7 Å². The Morgan fingerprint density at radius 1 is 1.15 bits per heavy atom. The molecule has 0 radical (unpaired) electrons. The lowest BCUT2D eigenvalue weighted by Crippen LogP contribution is -2.50. The molecule has 0 spiro atoms. The van der Waals surface area contributed by atoms with Crippen molar-refractivity contribution >= 4 is 0 Å². The highest BCUT2D eigenvalue weighted by molar-refractivity contribution is 5.11. The minimum atomic E-state index is 0.298. The number of aromatic nitrogens is 2. The molecule has 1 aliphatic carbocycles. The van der Waals surface area contributed by atoms with E-state index in [4.69, 9.17) is 4.74 Å². The van der Waals surface area contributed by atoms with Crippen LogP contribution in [0.3, 0.4) is 0 Å². The van der Waals surface area contributed by atoms with Crippen molar-refractivity contribution in [3.05, 3.63) is 18.7 Å². The predicted molar refractivity (Wildman–Crippen MR) is 75.6 cm³/mol. The van der Waals surface area contributed by atoms with Gasteiger partial charge in [0.15, 0.2) is 5.75 Å². The Kier molecular flexibility index (Phi) is 3.32. The maximum Gasteiger partial charge on any atom is 0.156 e. The fourth-order valence-electron chi connectivity index (χ4n) is 3.52. The molecule has 4 rings (SSSR count). The van der Waals surface area contributed by atoms with E-state index in [1.165, 1.54) is 39.0 Å². The molecule has 108 valence electrons. The van der Waals surface area contributed by atoms with Crippen LogP contribution in [-0.2, 0) is 0 Å². The summed E-state index contributed by atoms with van der Waals surface area (Å²) in [6.45, 7) is 6.03. The van der Waals surface area contributed by atoms with Gasteiger partial charge in [0, 0.05) is 45.2 Å². The standard InChI is InChI=1S/C15H22N4O/c1-2-12(1)8-18-3-4-19-10-14(5-13(19)9-18)20-15-6-16-11-17-7-15/h6-7,11-14H,1-5,8-10H2/t13-,14-/m1/s1. The molecule has 2 saturated heterocycles. The predicted octanol–water partition coefficient (Wildman–Crippen LogP) is 1.02. The Balaban J connectivity index is 1.32. The largest absolute Gasteiger partial charge is 0.486 e. The third-order valence-corrected chi connectivity index (χ3v) is 4.71. The molecule has 2 aliphatic heterocycles. The molecule has 5 nitrogen and oxygen atoms in total. The third-order valence-electron chi connectivity index (χ3n) is 4.71. The molecule has 1 saturated carbocycles. The number of rotatable bonds is 4. The molecule has 1 aromatic rings. The number of piperazine rings is 1. The average Bonchev–Trinajstić information content (AvgIpc) is 3.18. The molecule has 0 unspecified atom stereocenters. The van der Waals surface area contributed by atoms with Gasteiger partial charge in [-0.05, 0) is 18.8 Å². The fourth-order valence-corrected chi connectivity index (χ4v) is 3.52. The normalized spacial score (nSPS) is 31.2. The van der Waals surface area contributed by atoms with Gasteiger partial charge >= 0.3 is 0 Å². The van der Waals surface area contributed by atoms with Gasteiger partial charge < -0.3 is 9.64 Å². The second kappa shape index (κ2) is 5.30. The van der Waals surface area contributed by atoms with Crippen LogP contribution in [0.5, 0.6) is 5.75 Å². The first-order chi connectivity index (χ1) is 9.87. The molecular weight excluding hydrogens is 252 g/mol. The smallest absolute Gasteiger partial charge is 0.156 e. The highest BCUT2D eigenvalue weighted by Crippen LogP contribution is 2.32. The van der Waals surface area contributed by atoms with Crippen molar-refractivity contribution in [2.24, 2.45) is 5.92 Å². The Hall–Kier alpha value is -1.20. The number of hydrogen-bond donors (Lipinski definition) is 0. The lowest BCUT2D eigenvalue weighted by Gasteiger charge is -2.37. The monoisotopic (exact) mass is 274 g/mol. The van der Waals surface area contributed by atoms with Crippen LogP contribution in [0.1, 0.15) is 19.3 Å². The first kappa shape index (κ1) is 12.5. The van der Waals surface area contributed by atoms with Gasteiger partial charge in [-0.2, -0.15) is 0 Å². The summed E-state index contributed by atoms with van der Waals surface area (Å²) < 4.78 is 6.01. The zero-order valence-corrected chi connectivity index (χ0v) is 11.8. The molecule has 5 heteroatoms. The Morgan fingerprint density at radius 3 is 2.80 bits per heavy atom. The Bertz CT molecular complexity index is 450. The van der Waals surface area contributed by atoms with E-state index < -0.39 is 0 Å². The number of hydrogen-bond acceptors (Lipinski definition) is 5. The second-order valence-corrected chi connectivity index (χ2v) is 6.40. The lowest BCUT2D eigenvalue weighted by molar-refractivity contribution is 0.0994. The molecule has 0 bridgehead atoms. The summed E-state index contributed by atoms with van der Waals surface area (Å²) in [6, 6.07) is 0.678. The SMILES string of the molecule is c1ncc(O[C@@H]2C[C@@H]3CN(CC4CC4)CCN3C2)cn1. The lowest BCUT2D eigenvalue weighted by atomic mass is 10.1. The van der Waals surface area contributed by atoms with Crippen LogP contribution in [0.15, 0.2) is 18.7 Å². The number of ether oxygens (including phenoxy) is 1. The average molecular weight is 274 g/mol. The molecule has 0 aromatic carbocycles. The van der Waals surface area contributed by atoms with E-state index in [-0.39, 0.29) is 0 Å². The van der Waals surface area contributed by atoms with Crippen molar-refractivity contribution in [1.82, 2.24) is 19.8 Å². The highest BCUT2D eigenvalue weighted by atomic mass is 16.5. The van der Waals surface area contributed by atoms with Crippen molar-refractivity contribution < 1.29 is 4.74 Å². The van der Waals surface area contributed by atoms with Gasteiger partial charge in [-0.1, -0.05) is 0 Å². The summed E-state index contributed by atoms with van der Waals surface area (Å²) in [5.41, 5.74) is 0. The molecule has 1 aromatic heterocycles. The van der Waals surface area contributed by atoms with Crippen LogP contribution in [0.25, 0.3) is 0 Å². The summed E-state index contributed by atoms with van der Waals surface area (Å²) in [4.78, 5) is 13.3. The van der Waals surface area contributed by atoms with Crippen molar-refractivity contribution in [3.8, 4) is 5.75 Å². The maximum absolute atomic E-state index is 6.01. The Labute approximate surface area is 120 Å². The zero-order chi connectivity index (χ0) is 13.4. The molecule has 3 aliphatic rings. The van der Waals surface area contributed by atoms with Crippen molar-refractivity contribution in [3.63, 3.8) is 0 Å². The zero-order valence-electron chi connectivity index (χ0n) is 11.8. The van der Waals surface area contributed by atoms with Gasteiger partial charge in [0.2, 0.25) is 0 Å². The van der Waals surface area contributed by atoms with Gasteiger partial charge in [-0.3, -0.25) is 4.90 Å². The molecule has 3 fully saturated rings. The van der Waals surface area contributed by atoms with E-state index in [0.717, 1.165) is 24.6 Å². The topological polar surface area (TPSA) is 41.5 Å². The van der Waals surface area contributed by atoms with Gasteiger partial charge in [0.25, 0.3) is 0 Å². The molecule has 0 N–H and O–H groups in total. The van der Waals surface area contributed by atoms with E-state index in [0.29, 0.717) is 12.1 Å². The molecule has 2 atom stereocenters. The second-order valence-electron chi connectivity index (χ2n) is 6.40. The summed E-state index contributed by atoms with van der Waals surface area (Å²) in [6.07, 6.45) is 9.38. The van der Waals surface area contributed by atoms with E-state index in [1.54, 1.807) is 18.7 Å². The highest BCUT2D eigenvalue weighted by Gasteiger charge is 2.38. The van der Waals surface area contributed by atoms with Crippen LogP contribution in [0.4, 0.5) is 0 Å². The van der Waals surface area contributed by atoms with Crippen LogP contribution in [0.2, 0.25) is 0 Å². The molecule has 0 amide bonds. The minimum Gasteiger partial charge on any atom is -0.486 e. The minimum absolute atomic E-state index is 0.298. The van der Waals surface area contributed by atoms with Crippen LogP contribution in [-0.4, -0.2) is 64.6 Å². The first-order valence-electron chi connectivity index (χ1n) is 7.75. The maximum atomic E-state index is 6.01.